The minimum Gasteiger partial charge on any atom is -0.350 e. The molecule has 0 radical (unpaired) electrons. The Morgan fingerprint density at radius 3 is 2.43 bits per heavy atom. The molecule has 2 atom stereocenters. The quantitative estimate of drug-likeness (QED) is 0.474. The fourth-order valence-corrected chi connectivity index (χ4v) is 4.68. The van der Waals surface area contributed by atoms with Crippen LogP contribution in [0.3, 0.4) is 0 Å². The largest absolute Gasteiger partial charge is 0.433 e. The molecular weight excluding hydrogens is 510 g/mol. The van der Waals surface area contributed by atoms with E-state index in [0.717, 1.165) is 12.3 Å². The first-order valence-electron chi connectivity index (χ1n) is 10.6. The Hall–Kier alpha value is -2.83. The maximum atomic E-state index is 13.1. The van der Waals surface area contributed by atoms with Crippen molar-refractivity contribution in [3.8, 4) is 5.69 Å². The van der Waals surface area contributed by atoms with Gasteiger partial charge in [0, 0.05) is 24.8 Å². The lowest BCUT2D eigenvalue weighted by Crippen LogP contribution is -2.56. The van der Waals surface area contributed by atoms with Crippen molar-refractivity contribution in [1.82, 2.24) is 24.4 Å². The monoisotopic (exact) mass is 531 g/mol. The molecule has 2 unspecified atom stereocenters. The number of carbonyl (C=O) groups excluding carboxylic acids is 1. The third kappa shape index (κ3) is 6.24. The highest BCUT2D eigenvalue weighted by Crippen LogP contribution is 2.28. The van der Waals surface area contributed by atoms with E-state index in [1.54, 1.807) is 0 Å². The van der Waals surface area contributed by atoms with E-state index in [1.807, 2.05) is 13.8 Å². The Kier molecular flexibility index (Phi) is 8.62. The Labute approximate surface area is 206 Å². The maximum Gasteiger partial charge on any atom is 0.433 e. The van der Waals surface area contributed by atoms with Gasteiger partial charge in [0.2, 0.25) is 5.91 Å². The van der Waals surface area contributed by atoms with Crippen LogP contribution in [0.2, 0.25) is 5.15 Å². The van der Waals surface area contributed by atoms with Crippen LogP contribution in [0.1, 0.15) is 31.5 Å². The van der Waals surface area contributed by atoms with Gasteiger partial charge in [-0.1, -0.05) is 25.4 Å². The summed E-state index contributed by atoms with van der Waals surface area (Å²) < 4.78 is 66.5. The van der Waals surface area contributed by atoms with Crippen molar-refractivity contribution in [1.29, 1.82) is 0 Å². The van der Waals surface area contributed by atoms with Crippen LogP contribution < -0.4 is 5.32 Å². The number of amides is 1. The third-order valence-electron chi connectivity index (χ3n) is 5.00. The fraction of sp³-hybridized carbons (Fsp3) is 0.318. The van der Waals surface area contributed by atoms with Gasteiger partial charge < -0.3 is 5.32 Å². The Bertz CT molecular complexity index is 1190. The average Bonchev–Trinajstić information content (AvgIpc) is 3.18. The van der Waals surface area contributed by atoms with E-state index in [-0.39, 0.29) is 23.3 Å². The molecule has 1 saturated heterocycles. The van der Waals surface area contributed by atoms with Gasteiger partial charge in [0.15, 0.2) is 5.15 Å². The standard InChI is InChI=1S/C20H16ClF4N5O2S.C2H6/c21-18-12(11-29(28-18)14-3-6-17(26-10-14)20(23,24)25)9-27-19(31)16-7-8-30(16)33(32)15-4-1-13(22)2-5-15;1-2/h1-6,10-11,16H,7-9H2,(H,27,31);1-2H3. The molecule has 1 aliphatic heterocycles. The van der Waals surface area contributed by atoms with Gasteiger partial charge in [-0.05, 0) is 42.8 Å². The highest BCUT2D eigenvalue weighted by Gasteiger charge is 2.38. The Morgan fingerprint density at radius 1 is 1.20 bits per heavy atom. The van der Waals surface area contributed by atoms with Crippen LogP contribution in [0.5, 0.6) is 0 Å². The lowest BCUT2D eigenvalue weighted by molar-refractivity contribution is -0.141. The van der Waals surface area contributed by atoms with E-state index in [2.05, 4.69) is 15.4 Å². The molecule has 7 nitrogen and oxygen atoms in total. The lowest BCUT2D eigenvalue weighted by Gasteiger charge is -2.38. The smallest absolute Gasteiger partial charge is 0.350 e. The minimum absolute atomic E-state index is 0.0131. The van der Waals surface area contributed by atoms with Crippen molar-refractivity contribution in [3.63, 3.8) is 0 Å². The van der Waals surface area contributed by atoms with Gasteiger partial charge in [0.1, 0.15) is 28.5 Å². The number of nitrogens with zero attached hydrogens (tertiary/aromatic N) is 4. The number of alkyl halides is 3. The predicted octanol–water partition coefficient (Wildman–Crippen LogP) is 4.52. The number of benzene rings is 1. The van der Waals surface area contributed by atoms with Crippen LogP contribution in [0.25, 0.3) is 5.69 Å². The van der Waals surface area contributed by atoms with Gasteiger partial charge in [-0.2, -0.15) is 18.3 Å². The zero-order valence-corrected chi connectivity index (χ0v) is 20.3. The number of aromatic nitrogens is 3. The molecule has 0 bridgehead atoms. The molecule has 1 aromatic carbocycles. The zero-order valence-electron chi connectivity index (χ0n) is 18.7. The topological polar surface area (TPSA) is 80.1 Å². The fourth-order valence-electron chi connectivity index (χ4n) is 3.14. The van der Waals surface area contributed by atoms with E-state index < -0.39 is 34.7 Å². The molecule has 3 heterocycles. The second-order valence-corrected chi connectivity index (χ2v) is 8.95. The summed E-state index contributed by atoms with van der Waals surface area (Å²) in [5.74, 6) is -0.810. The van der Waals surface area contributed by atoms with Gasteiger partial charge in [-0.25, -0.2) is 22.6 Å². The molecule has 0 aliphatic carbocycles. The van der Waals surface area contributed by atoms with E-state index in [9.17, 15) is 26.6 Å². The van der Waals surface area contributed by atoms with Crippen LogP contribution in [0, 0.1) is 5.82 Å². The van der Waals surface area contributed by atoms with Crippen molar-refractivity contribution < 1.29 is 26.6 Å². The van der Waals surface area contributed by atoms with Gasteiger partial charge in [-0.15, -0.1) is 0 Å². The summed E-state index contributed by atoms with van der Waals surface area (Å²) in [5.41, 5.74) is -0.321. The summed E-state index contributed by atoms with van der Waals surface area (Å²) in [5, 5.41) is 6.81. The van der Waals surface area contributed by atoms with Crippen LogP contribution in [-0.4, -0.2) is 41.8 Å². The number of carbonyl (C=O) groups is 1. The van der Waals surface area contributed by atoms with Crippen LogP contribution in [0.15, 0.2) is 53.7 Å². The summed E-state index contributed by atoms with van der Waals surface area (Å²) in [7, 11) is -1.61. The molecule has 0 saturated carbocycles. The molecular formula is C22H22ClF4N5O2S. The molecule has 35 heavy (non-hydrogen) atoms. The highest BCUT2D eigenvalue weighted by molar-refractivity contribution is 7.82. The van der Waals surface area contributed by atoms with Crippen LogP contribution in [-0.2, 0) is 28.5 Å². The molecule has 1 amide bonds. The number of hydrogen-bond donors (Lipinski definition) is 1. The van der Waals surface area contributed by atoms with Gasteiger partial charge in [-0.3, -0.25) is 4.79 Å². The SMILES string of the molecule is CC.O=C(NCc1cn(-c2ccc(C(F)(F)F)nc2)nc1Cl)C1CCN1S(=O)c1ccc(F)cc1. The van der Waals surface area contributed by atoms with E-state index >= 15 is 0 Å². The van der Waals surface area contributed by atoms with Gasteiger partial charge >= 0.3 is 6.18 Å². The summed E-state index contributed by atoms with van der Waals surface area (Å²) in [6.07, 6.45) is -1.55. The van der Waals surface area contributed by atoms with Crippen molar-refractivity contribution in [3.05, 3.63) is 71.0 Å². The maximum absolute atomic E-state index is 13.1. The van der Waals surface area contributed by atoms with E-state index in [4.69, 9.17) is 11.6 Å². The van der Waals surface area contributed by atoms with Crippen molar-refractivity contribution in [2.75, 3.05) is 6.54 Å². The van der Waals surface area contributed by atoms with E-state index in [1.165, 1.54) is 45.5 Å². The minimum atomic E-state index is -4.55. The number of pyridine rings is 1. The predicted molar refractivity (Wildman–Crippen MR) is 122 cm³/mol. The van der Waals surface area contributed by atoms with Crippen molar-refractivity contribution in [2.24, 2.45) is 0 Å². The molecule has 1 N–H and O–H groups in total. The summed E-state index contributed by atoms with van der Waals surface area (Å²) >= 11 is 6.11. The molecule has 3 aromatic rings. The van der Waals surface area contributed by atoms with Crippen LogP contribution in [0.4, 0.5) is 17.6 Å². The highest BCUT2D eigenvalue weighted by atomic mass is 35.5. The molecule has 1 aliphatic rings. The molecule has 13 heteroatoms. The van der Waals surface area contributed by atoms with Crippen LogP contribution >= 0.6 is 11.6 Å². The average molecular weight is 532 g/mol. The number of nitrogens with one attached hydrogen (secondary N) is 1. The third-order valence-corrected chi connectivity index (χ3v) is 6.85. The first-order valence-corrected chi connectivity index (χ1v) is 12.1. The summed E-state index contributed by atoms with van der Waals surface area (Å²) in [6, 6.07) is 6.63. The second-order valence-electron chi connectivity index (χ2n) is 7.16. The van der Waals surface area contributed by atoms with Gasteiger partial charge in [0.25, 0.3) is 0 Å². The van der Waals surface area contributed by atoms with Crippen molar-refractivity contribution >= 4 is 28.5 Å². The first kappa shape index (κ1) is 26.8. The Balaban J connectivity index is 0.00000167. The molecule has 1 fully saturated rings. The summed E-state index contributed by atoms with van der Waals surface area (Å²) in [6.45, 7) is 4.46. The lowest BCUT2D eigenvalue weighted by atomic mass is 10.1. The molecule has 2 aromatic heterocycles. The first-order chi connectivity index (χ1) is 16.6. The second kappa shape index (κ2) is 11.3. The number of hydrogen-bond acceptors (Lipinski definition) is 4. The normalized spacial score (nSPS) is 16.6. The molecule has 4 rings (SSSR count). The van der Waals surface area contributed by atoms with Gasteiger partial charge in [0.05, 0.1) is 16.8 Å². The number of halogens is 5. The molecule has 0 spiro atoms. The molecule has 188 valence electrons. The van der Waals surface area contributed by atoms with E-state index in [0.29, 0.717) is 23.4 Å². The number of rotatable bonds is 6. The Morgan fingerprint density at radius 2 is 1.89 bits per heavy atom. The van der Waals surface area contributed by atoms with Crippen molar-refractivity contribution in [2.45, 2.75) is 43.9 Å². The summed E-state index contributed by atoms with van der Waals surface area (Å²) in [4.78, 5) is 16.4. The zero-order chi connectivity index (χ0) is 25.8.